The summed E-state index contributed by atoms with van der Waals surface area (Å²) >= 11 is 1.95. The fraction of sp³-hybridized carbons (Fsp3) is 0.385. The number of aryl methyl sites for hydroxylation is 1. The Morgan fingerprint density at radius 3 is 1.62 bits per heavy atom. The van der Waals surface area contributed by atoms with Gasteiger partial charge >= 0.3 is 6.85 Å². The molecule has 0 atom stereocenters. The largest absolute Gasteiger partial charge is 0.376 e. The molecule has 2 nitrogen and oxygen atoms in total. The molecule has 0 N–H and O–H groups in total. The first-order valence-electron chi connectivity index (χ1n) is 26.2. The van der Waals surface area contributed by atoms with Gasteiger partial charge in [-0.3, -0.25) is 0 Å². The number of benzene rings is 7. The molecule has 5 aliphatic rings. The summed E-state index contributed by atoms with van der Waals surface area (Å²) in [6, 6.07) is 44.5. The van der Waals surface area contributed by atoms with Crippen LogP contribution in [0.5, 0.6) is 0 Å². The van der Waals surface area contributed by atoms with Gasteiger partial charge in [0.15, 0.2) is 0 Å². The van der Waals surface area contributed by atoms with Gasteiger partial charge in [0, 0.05) is 53.9 Å². The molecule has 0 saturated heterocycles. The highest BCUT2D eigenvalue weighted by Gasteiger charge is 2.49. The summed E-state index contributed by atoms with van der Waals surface area (Å²) in [7, 11) is 0. The summed E-state index contributed by atoms with van der Waals surface area (Å²) in [5, 5.41) is 5.30. The second-order valence-electron chi connectivity index (χ2n) is 26.2. The van der Waals surface area contributed by atoms with Crippen LogP contribution < -0.4 is 20.6 Å². The van der Waals surface area contributed by atoms with Gasteiger partial charge in [-0.1, -0.05) is 138 Å². The summed E-state index contributed by atoms with van der Waals surface area (Å²) in [6.45, 7) is 32.1. The van der Waals surface area contributed by atoms with Crippen molar-refractivity contribution in [1.82, 2.24) is 0 Å². The van der Waals surface area contributed by atoms with Crippen LogP contribution in [0.4, 0.5) is 28.4 Å². The lowest BCUT2D eigenvalue weighted by atomic mass is 9.43. The van der Waals surface area contributed by atoms with E-state index in [9.17, 15) is 0 Å². The molecule has 3 heterocycles. The van der Waals surface area contributed by atoms with Crippen LogP contribution in [-0.2, 0) is 32.5 Å². The highest BCUT2D eigenvalue weighted by molar-refractivity contribution is 7.26. The predicted octanol–water partition coefficient (Wildman–Crippen LogP) is 17.3. The molecule has 8 aromatic rings. The van der Waals surface area contributed by atoms with E-state index >= 15 is 0 Å². The first-order valence-corrected chi connectivity index (χ1v) is 27.0. The van der Waals surface area contributed by atoms with Crippen molar-refractivity contribution < 1.29 is 0 Å². The minimum absolute atomic E-state index is 0.0546. The Morgan fingerprint density at radius 2 is 0.971 bits per heavy atom. The van der Waals surface area contributed by atoms with Crippen molar-refractivity contribution in [3.8, 4) is 11.1 Å². The summed E-state index contributed by atoms with van der Waals surface area (Å²) in [6.07, 6.45) is 7.12. The topological polar surface area (TPSA) is 6.48 Å². The molecular formula is C65H69BN2S. The van der Waals surface area contributed by atoms with Gasteiger partial charge in [0.2, 0.25) is 0 Å². The molecule has 13 rings (SSSR count). The van der Waals surface area contributed by atoms with Crippen molar-refractivity contribution in [3.63, 3.8) is 0 Å². The Balaban J connectivity index is 1.21. The molecule has 0 spiro atoms. The number of fused-ring (bicyclic) bond motifs is 12. The predicted molar refractivity (Wildman–Crippen MR) is 301 cm³/mol. The molecule has 7 aromatic carbocycles. The Bertz CT molecular complexity index is 3560. The van der Waals surface area contributed by atoms with E-state index in [0.29, 0.717) is 0 Å². The van der Waals surface area contributed by atoms with Crippen molar-refractivity contribution >= 4 is 88.5 Å². The van der Waals surface area contributed by atoms with Gasteiger partial charge < -0.3 is 9.71 Å². The molecule has 0 saturated carbocycles. The Morgan fingerprint density at radius 1 is 0.435 bits per heavy atom. The van der Waals surface area contributed by atoms with E-state index in [4.69, 9.17) is 0 Å². The summed E-state index contributed by atoms with van der Waals surface area (Å²) < 4.78 is 2.71. The second-order valence-corrected chi connectivity index (χ2v) is 27.2. The number of nitrogens with zero attached hydrogens (tertiary/aromatic N) is 2. The van der Waals surface area contributed by atoms with Gasteiger partial charge in [0.05, 0.1) is 5.69 Å². The SMILES string of the molecule is Cc1cc2c(cc1N1c3cc4c(cc3B3c5c(cc6ccccc6c51)-c1cc5c(cc1N3c1ccc3c(c1)C(C)(C)CCC3(C)C)C(C)(C)CCC5(C)C)sc1ccccc14)C(C)(C)CCC2(C)C. The van der Waals surface area contributed by atoms with Crippen molar-refractivity contribution in [3.05, 3.63) is 148 Å². The van der Waals surface area contributed by atoms with Crippen molar-refractivity contribution in [2.24, 2.45) is 0 Å². The molecule has 4 heteroatoms. The summed E-state index contributed by atoms with van der Waals surface area (Å²) in [4.78, 5) is 5.60. The first-order chi connectivity index (χ1) is 32.6. The van der Waals surface area contributed by atoms with Gasteiger partial charge in [-0.2, -0.15) is 0 Å². The van der Waals surface area contributed by atoms with E-state index in [1.807, 2.05) is 11.3 Å². The third-order valence-corrected chi connectivity index (χ3v) is 20.1. The zero-order valence-electron chi connectivity index (χ0n) is 43.5. The first kappa shape index (κ1) is 43.7. The Labute approximate surface area is 416 Å². The highest BCUT2D eigenvalue weighted by Crippen LogP contribution is 2.57. The normalized spacial score (nSPS) is 20.5. The van der Waals surface area contributed by atoms with Crippen LogP contribution >= 0.6 is 11.3 Å². The third kappa shape index (κ3) is 6.09. The smallest absolute Gasteiger partial charge is 0.333 e. The highest BCUT2D eigenvalue weighted by atomic mass is 32.1. The number of hydrogen-bond donors (Lipinski definition) is 0. The molecule has 0 amide bonds. The minimum atomic E-state index is -0.0724. The lowest BCUT2D eigenvalue weighted by Gasteiger charge is -2.49. The van der Waals surface area contributed by atoms with Crippen LogP contribution in [0.3, 0.4) is 0 Å². The Kier molecular flexibility index (Phi) is 8.84. The number of hydrogen-bond acceptors (Lipinski definition) is 3. The number of rotatable bonds is 2. The fourth-order valence-electron chi connectivity index (χ4n) is 14.2. The van der Waals surface area contributed by atoms with Crippen LogP contribution in [-0.4, -0.2) is 6.85 Å². The molecule has 69 heavy (non-hydrogen) atoms. The van der Waals surface area contributed by atoms with Crippen LogP contribution in [0.25, 0.3) is 42.1 Å². The minimum Gasteiger partial charge on any atom is -0.376 e. The van der Waals surface area contributed by atoms with Gasteiger partial charge in [-0.05, 0) is 193 Å². The molecule has 0 radical (unpaired) electrons. The number of anilines is 5. The second kappa shape index (κ2) is 14.0. The van der Waals surface area contributed by atoms with E-state index in [1.165, 1.54) is 159 Å². The van der Waals surface area contributed by atoms with Gasteiger partial charge in [0.25, 0.3) is 0 Å². The molecule has 348 valence electrons. The zero-order valence-corrected chi connectivity index (χ0v) is 44.3. The van der Waals surface area contributed by atoms with E-state index in [0.717, 1.165) is 0 Å². The van der Waals surface area contributed by atoms with Gasteiger partial charge in [0.1, 0.15) is 0 Å². The Hall–Kier alpha value is -5.32. The van der Waals surface area contributed by atoms with Gasteiger partial charge in [-0.15, -0.1) is 11.3 Å². The van der Waals surface area contributed by atoms with Crippen LogP contribution in [0.2, 0.25) is 0 Å². The molecule has 1 aromatic heterocycles. The lowest BCUT2D eigenvalue weighted by Crippen LogP contribution is -2.61. The standard InChI is InChI=1S/C65H69BN2S/c1-38-30-47-50(64(10,11)28-26-61(47,4)5)35-53(38)67-55-34-44-42-20-16-17-21-56(42)69-57(44)37-52(55)66-58-45(31-39-18-14-15-19-41(39)59(58)67)43-33-49-51(65(12,13)29-27-63(49,8)9)36-54(43)68(66)40-22-23-46-48(32-40)62(6,7)25-24-60(46,2)3/h14-23,30-37H,24-29H2,1-13H3. The maximum Gasteiger partial charge on any atom is 0.333 e. The van der Waals surface area contributed by atoms with Crippen molar-refractivity contribution in [1.29, 1.82) is 0 Å². The van der Waals surface area contributed by atoms with E-state index in [2.05, 4.69) is 209 Å². The van der Waals surface area contributed by atoms with E-state index in [1.54, 1.807) is 0 Å². The maximum absolute atomic E-state index is 2.84. The molecule has 0 bridgehead atoms. The summed E-state index contributed by atoms with van der Waals surface area (Å²) in [5.41, 5.74) is 23.0. The van der Waals surface area contributed by atoms with Crippen LogP contribution in [0.15, 0.2) is 109 Å². The van der Waals surface area contributed by atoms with Gasteiger partial charge in [-0.25, -0.2) is 0 Å². The quantitative estimate of drug-likeness (QED) is 0.159. The van der Waals surface area contributed by atoms with Crippen LogP contribution in [0, 0.1) is 6.92 Å². The van der Waals surface area contributed by atoms with Crippen LogP contribution in [0.1, 0.15) is 161 Å². The van der Waals surface area contributed by atoms with E-state index in [-0.39, 0.29) is 39.3 Å². The molecule has 2 aliphatic heterocycles. The zero-order chi connectivity index (χ0) is 48.1. The van der Waals surface area contributed by atoms with Crippen molar-refractivity contribution in [2.45, 2.75) is 161 Å². The molecule has 0 unspecified atom stereocenters. The molecule has 0 fully saturated rings. The third-order valence-electron chi connectivity index (χ3n) is 18.9. The van der Waals surface area contributed by atoms with Crippen molar-refractivity contribution in [2.75, 3.05) is 9.71 Å². The van der Waals surface area contributed by atoms with E-state index < -0.39 is 0 Å². The average molecular weight is 921 g/mol. The summed E-state index contributed by atoms with van der Waals surface area (Å²) in [5.74, 6) is 0. The lowest BCUT2D eigenvalue weighted by molar-refractivity contribution is 0.332. The monoisotopic (exact) mass is 921 g/mol. The fourth-order valence-corrected chi connectivity index (χ4v) is 15.3. The molecule has 3 aliphatic carbocycles. The molecular weight excluding hydrogens is 852 g/mol. The average Bonchev–Trinajstić information content (AvgIpc) is 3.67. The maximum atomic E-state index is 2.84. The number of thiophene rings is 1.